The lowest BCUT2D eigenvalue weighted by atomic mass is 10.1. The third-order valence-corrected chi connectivity index (χ3v) is 3.50. The summed E-state index contributed by atoms with van der Waals surface area (Å²) in [5.41, 5.74) is 7.31. The standard InChI is InChI=1S/C15H16FN7O/c1-19-14-11-4-3-9(7-24-2)23(11)22-15(21-14)12(17)10-5-8(16)6-20-13(10)18/h3-6,17H,7H2,1-2H3,(H2,18,20)(H,19,21,22). The van der Waals surface area contributed by atoms with E-state index in [4.69, 9.17) is 15.9 Å². The van der Waals surface area contributed by atoms with E-state index < -0.39 is 5.82 Å². The number of aromatic nitrogens is 4. The van der Waals surface area contributed by atoms with Gasteiger partial charge in [0, 0.05) is 19.7 Å². The minimum atomic E-state index is -0.583. The summed E-state index contributed by atoms with van der Waals surface area (Å²) in [6.45, 7) is 0.352. The van der Waals surface area contributed by atoms with Crippen molar-refractivity contribution in [1.82, 2.24) is 19.6 Å². The van der Waals surface area contributed by atoms with Crippen molar-refractivity contribution in [2.24, 2.45) is 0 Å². The van der Waals surface area contributed by atoms with Crippen LogP contribution in [-0.2, 0) is 11.3 Å². The summed E-state index contributed by atoms with van der Waals surface area (Å²) in [6.07, 6.45) is 0.998. The Morgan fingerprint density at radius 2 is 2.25 bits per heavy atom. The molecule has 8 nitrogen and oxygen atoms in total. The van der Waals surface area contributed by atoms with Crippen molar-refractivity contribution in [1.29, 1.82) is 5.41 Å². The SMILES string of the molecule is CNc1nc(C(=N)c2cc(F)cnc2N)nn2c(COC)ccc12. The monoisotopic (exact) mass is 329 g/mol. The maximum Gasteiger partial charge on any atom is 0.200 e. The topological polar surface area (TPSA) is 114 Å². The Morgan fingerprint density at radius 3 is 2.96 bits per heavy atom. The lowest BCUT2D eigenvalue weighted by Gasteiger charge is -2.10. The summed E-state index contributed by atoms with van der Waals surface area (Å²) in [4.78, 5) is 8.06. The molecule has 0 aliphatic rings. The average molecular weight is 329 g/mol. The summed E-state index contributed by atoms with van der Waals surface area (Å²) in [5, 5.41) is 15.6. The number of nitrogen functional groups attached to an aromatic ring is 1. The van der Waals surface area contributed by atoms with Crippen LogP contribution in [0.15, 0.2) is 24.4 Å². The molecule has 0 aliphatic carbocycles. The Kier molecular flexibility index (Phi) is 4.09. The number of anilines is 2. The Bertz CT molecular complexity index is 922. The van der Waals surface area contributed by atoms with E-state index in [2.05, 4.69) is 20.4 Å². The van der Waals surface area contributed by atoms with Crippen LogP contribution >= 0.6 is 0 Å². The number of hydrogen-bond donors (Lipinski definition) is 3. The van der Waals surface area contributed by atoms with E-state index in [9.17, 15) is 4.39 Å². The van der Waals surface area contributed by atoms with Crippen LogP contribution in [0.4, 0.5) is 16.0 Å². The van der Waals surface area contributed by atoms with Crippen molar-refractivity contribution in [3.8, 4) is 0 Å². The van der Waals surface area contributed by atoms with Gasteiger partial charge >= 0.3 is 0 Å². The number of methoxy groups -OCH3 is 1. The zero-order chi connectivity index (χ0) is 17.3. The van der Waals surface area contributed by atoms with E-state index in [1.807, 2.05) is 12.1 Å². The molecule has 24 heavy (non-hydrogen) atoms. The van der Waals surface area contributed by atoms with Gasteiger partial charge in [0.15, 0.2) is 5.82 Å². The van der Waals surface area contributed by atoms with Crippen LogP contribution in [0.5, 0.6) is 0 Å². The van der Waals surface area contributed by atoms with Crippen molar-refractivity contribution < 1.29 is 9.13 Å². The van der Waals surface area contributed by atoms with Gasteiger partial charge in [0.25, 0.3) is 0 Å². The molecule has 4 N–H and O–H groups in total. The number of nitrogens with two attached hydrogens (primary N) is 1. The smallest absolute Gasteiger partial charge is 0.200 e. The van der Waals surface area contributed by atoms with Crippen molar-refractivity contribution in [3.63, 3.8) is 0 Å². The van der Waals surface area contributed by atoms with E-state index in [0.717, 1.165) is 23.5 Å². The fourth-order valence-electron chi connectivity index (χ4n) is 2.37. The second kappa shape index (κ2) is 6.20. The van der Waals surface area contributed by atoms with Crippen LogP contribution in [0.2, 0.25) is 0 Å². The van der Waals surface area contributed by atoms with Crippen LogP contribution in [0.3, 0.4) is 0 Å². The number of nitrogens with one attached hydrogen (secondary N) is 2. The molecule has 3 aromatic rings. The van der Waals surface area contributed by atoms with Crippen molar-refractivity contribution >= 4 is 22.9 Å². The summed E-state index contributed by atoms with van der Waals surface area (Å²) < 4.78 is 20.2. The molecule has 0 aromatic carbocycles. The molecule has 0 saturated heterocycles. The van der Waals surface area contributed by atoms with Crippen molar-refractivity contribution in [2.75, 3.05) is 25.2 Å². The molecule has 0 radical (unpaired) electrons. The Labute approximate surface area is 137 Å². The van der Waals surface area contributed by atoms with Gasteiger partial charge in [-0.05, 0) is 18.2 Å². The van der Waals surface area contributed by atoms with Gasteiger partial charge < -0.3 is 15.8 Å². The van der Waals surface area contributed by atoms with E-state index in [0.29, 0.717) is 12.4 Å². The highest BCUT2D eigenvalue weighted by molar-refractivity contribution is 6.11. The number of ether oxygens (including phenoxy) is 1. The lowest BCUT2D eigenvalue weighted by molar-refractivity contribution is 0.180. The zero-order valence-corrected chi connectivity index (χ0v) is 13.2. The van der Waals surface area contributed by atoms with Gasteiger partial charge in [-0.25, -0.2) is 18.9 Å². The molecule has 0 unspecified atom stereocenters. The van der Waals surface area contributed by atoms with E-state index in [1.54, 1.807) is 18.7 Å². The molecule has 0 spiro atoms. The number of hydrogen-bond acceptors (Lipinski definition) is 7. The van der Waals surface area contributed by atoms with Crippen molar-refractivity contribution in [2.45, 2.75) is 6.61 Å². The molecule has 9 heteroatoms. The highest BCUT2D eigenvalue weighted by atomic mass is 19.1. The average Bonchev–Trinajstić information content (AvgIpc) is 2.99. The number of pyridine rings is 1. The van der Waals surface area contributed by atoms with Gasteiger partial charge in [0.1, 0.15) is 22.9 Å². The van der Waals surface area contributed by atoms with Crippen LogP contribution in [0.1, 0.15) is 17.1 Å². The summed E-state index contributed by atoms with van der Waals surface area (Å²) in [7, 11) is 3.30. The van der Waals surface area contributed by atoms with Crippen LogP contribution in [-0.4, -0.2) is 39.5 Å². The second-order valence-corrected chi connectivity index (χ2v) is 5.05. The maximum absolute atomic E-state index is 13.4. The second-order valence-electron chi connectivity index (χ2n) is 5.05. The maximum atomic E-state index is 13.4. The lowest BCUT2D eigenvalue weighted by Crippen LogP contribution is -2.16. The fourth-order valence-corrected chi connectivity index (χ4v) is 2.37. The molecule has 3 heterocycles. The minimum absolute atomic E-state index is 0.0423. The first-order valence-corrected chi connectivity index (χ1v) is 7.10. The molecule has 124 valence electrons. The first-order valence-electron chi connectivity index (χ1n) is 7.10. The van der Waals surface area contributed by atoms with Gasteiger partial charge in [-0.3, -0.25) is 5.41 Å². The van der Waals surface area contributed by atoms with E-state index in [-0.39, 0.29) is 22.9 Å². The summed E-state index contributed by atoms with van der Waals surface area (Å²) in [5.74, 6) is 0.0927. The highest BCUT2D eigenvalue weighted by Gasteiger charge is 2.17. The minimum Gasteiger partial charge on any atom is -0.383 e. The summed E-state index contributed by atoms with van der Waals surface area (Å²) >= 11 is 0. The van der Waals surface area contributed by atoms with Gasteiger partial charge in [0.05, 0.1) is 18.5 Å². The molecule has 0 fully saturated rings. The van der Waals surface area contributed by atoms with Gasteiger partial charge in [-0.15, -0.1) is 5.10 Å². The Balaban J connectivity index is 2.16. The van der Waals surface area contributed by atoms with E-state index in [1.165, 1.54) is 0 Å². The molecule has 0 amide bonds. The molecule has 0 atom stereocenters. The molecular formula is C15H16FN7O. The van der Waals surface area contributed by atoms with Gasteiger partial charge in [-0.1, -0.05) is 0 Å². The molecule has 0 bridgehead atoms. The summed E-state index contributed by atoms with van der Waals surface area (Å²) in [6, 6.07) is 4.86. The Morgan fingerprint density at radius 1 is 1.46 bits per heavy atom. The highest BCUT2D eigenvalue weighted by Crippen LogP contribution is 2.20. The molecule has 0 saturated carbocycles. The first kappa shape index (κ1) is 15.8. The number of halogens is 1. The predicted molar refractivity (Wildman–Crippen MR) is 87.8 cm³/mol. The molecule has 3 rings (SSSR count). The zero-order valence-electron chi connectivity index (χ0n) is 13.2. The van der Waals surface area contributed by atoms with Gasteiger partial charge in [-0.2, -0.15) is 0 Å². The first-order chi connectivity index (χ1) is 11.5. The predicted octanol–water partition coefficient (Wildman–Crippen LogP) is 1.45. The Hall–Kier alpha value is -3.07. The van der Waals surface area contributed by atoms with Crippen LogP contribution < -0.4 is 11.1 Å². The number of rotatable bonds is 5. The number of nitrogens with zero attached hydrogens (tertiary/aromatic N) is 4. The molecule has 0 aliphatic heterocycles. The van der Waals surface area contributed by atoms with E-state index >= 15 is 0 Å². The number of fused-ring (bicyclic) bond motifs is 1. The van der Waals surface area contributed by atoms with Crippen LogP contribution in [0.25, 0.3) is 5.52 Å². The largest absolute Gasteiger partial charge is 0.383 e. The third-order valence-electron chi connectivity index (χ3n) is 3.50. The quantitative estimate of drug-likeness (QED) is 0.610. The fraction of sp³-hybridized carbons (Fsp3) is 0.200. The third kappa shape index (κ3) is 2.65. The molecular weight excluding hydrogens is 313 g/mol. The van der Waals surface area contributed by atoms with Crippen LogP contribution in [0, 0.1) is 11.2 Å². The van der Waals surface area contributed by atoms with Gasteiger partial charge in [0.2, 0.25) is 5.82 Å². The molecule has 3 aromatic heterocycles. The normalized spacial score (nSPS) is 11.0. The van der Waals surface area contributed by atoms with Crippen molar-refractivity contribution in [3.05, 3.63) is 47.3 Å².